The lowest BCUT2D eigenvalue weighted by molar-refractivity contribution is 0.0702. The van der Waals surface area contributed by atoms with Gasteiger partial charge in [-0.15, -0.1) is 11.3 Å². The van der Waals surface area contributed by atoms with Gasteiger partial charge in [0.25, 0.3) is 0 Å². The van der Waals surface area contributed by atoms with Crippen LogP contribution in [0.5, 0.6) is 0 Å². The molecule has 0 saturated heterocycles. The van der Waals surface area contributed by atoms with Crippen molar-refractivity contribution < 1.29 is 14.7 Å². The van der Waals surface area contributed by atoms with Gasteiger partial charge in [-0.2, -0.15) is 0 Å². The molecule has 68 valence electrons. The van der Waals surface area contributed by atoms with Gasteiger partial charge in [0.2, 0.25) is 0 Å². The van der Waals surface area contributed by atoms with Gasteiger partial charge in [0, 0.05) is 16.9 Å². The topological polar surface area (TPSA) is 54.4 Å². The molecule has 0 unspecified atom stereocenters. The molecule has 0 bridgehead atoms. The molecule has 0 saturated carbocycles. The quantitative estimate of drug-likeness (QED) is 0.747. The number of hydrogen-bond donors (Lipinski definition) is 1. The van der Waals surface area contributed by atoms with Gasteiger partial charge in [0.15, 0.2) is 5.78 Å². The monoisotopic (exact) mass is 196 g/mol. The van der Waals surface area contributed by atoms with E-state index in [2.05, 4.69) is 0 Å². The van der Waals surface area contributed by atoms with Crippen LogP contribution in [0, 0.1) is 0 Å². The first-order chi connectivity index (χ1) is 6.18. The van der Waals surface area contributed by atoms with Gasteiger partial charge in [-0.1, -0.05) is 0 Å². The highest BCUT2D eigenvalue weighted by Gasteiger charge is 2.22. The highest BCUT2D eigenvalue weighted by molar-refractivity contribution is 7.14. The maximum Gasteiger partial charge on any atom is 0.345 e. The Hall–Kier alpha value is -1.16. The molecule has 13 heavy (non-hydrogen) atoms. The summed E-state index contributed by atoms with van der Waals surface area (Å²) in [4.78, 5) is 23.2. The Kier molecular flexibility index (Phi) is 1.92. The Morgan fingerprint density at radius 3 is 2.85 bits per heavy atom. The number of carboxylic acid groups (broad SMARTS) is 1. The van der Waals surface area contributed by atoms with Gasteiger partial charge >= 0.3 is 5.97 Å². The minimum atomic E-state index is -0.938. The number of rotatable bonds is 1. The molecule has 4 heteroatoms. The molecular weight excluding hydrogens is 188 g/mol. The molecule has 0 atom stereocenters. The van der Waals surface area contributed by atoms with Crippen LogP contribution in [0.3, 0.4) is 0 Å². The number of ketones is 1. The van der Waals surface area contributed by atoms with Gasteiger partial charge in [0.1, 0.15) is 4.88 Å². The van der Waals surface area contributed by atoms with Gasteiger partial charge in [0.05, 0.1) is 0 Å². The smallest absolute Gasteiger partial charge is 0.345 e. The number of aryl methyl sites for hydroxylation is 1. The van der Waals surface area contributed by atoms with E-state index in [9.17, 15) is 9.59 Å². The number of aromatic carboxylic acids is 1. The predicted molar refractivity (Wildman–Crippen MR) is 48.5 cm³/mol. The number of Topliss-reactive ketones (excluding diaryl/α,β-unsaturated/α-hetero) is 1. The summed E-state index contributed by atoms with van der Waals surface area (Å²) in [5.74, 6) is -0.850. The van der Waals surface area contributed by atoms with Crippen LogP contribution in [-0.2, 0) is 6.42 Å². The summed E-state index contributed by atoms with van der Waals surface area (Å²) in [5, 5.41) is 8.72. The van der Waals surface area contributed by atoms with Gasteiger partial charge < -0.3 is 5.11 Å². The normalized spacial score (nSPS) is 15.5. The summed E-state index contributed by atoms with van der Waals surface area (Å²) in [6.45, 7) is 0. The van der Waals surface area contributed by atoms with Crippen LogP contribution < -0.4 is 0 Å². The summed E-state index contributed by atoms with van der Waals surface area (Å²) >= 11 is 1.23. The van der Waals surface area contributed by atoms with Gasteiger partial charge in [-0.25, -0.2) is 4.79 Å². The fourth-order valence-corrected chi connectivity index (χ4v) is 2.56. The summed E-state index contributed by atoms with van der Waals surface area (Å²) in [6.07, 6.45) is 2.26. The number of fused-ring (bicyclic) bond motifs is 1. The lowest BCUT2D eigenvalue weighted by Crippen LogP contribution is -2.06. The van der Waals surface area contributed by atoms with E-state index in [1.807, 2.05) is 0 Å². The van der Waals surface area contributed by atoms with Crippen LogP contribution in [0.1, 0.15) is 37.7 Å². The number of carbonyl (C=O) groups is 2. The highest BCUT2D eigenvalue weighted by Crippen LogP contribution is 2.29. The fraction of sp³-hybridized carbons (Fsp3) is 0.333. The molecule has 0 aliphatic heterocycles. The second-order valence-electron chi connectivity index (χ2n) is 3.03. The highest BCUT2D eigenvalue weighted by atomic mass is 32.1. The van der Waals surface area contributed by atoms with E-state index in [4.69, 9.17) is 5.11 Å². The van der Waals surface area contributed by atoms with Crippen molar-refractivity contribution in [2.45, 2.75) is 19.3 Å². The van der Waals surface area contributed by atoms with Crippen molar-refractivity contribution in [2.75, 3.05) is 0 Å². The average Bonchev–Trinajstić information content (AvgIpc) is 2.49. The maximum atomic E-state index is 11.3. The molecule has 3 nitrogen and oxygen atoms in total. The lowest BCUT2D eigenvalue weighted by Gasteiger charge is -2.07. The van der Waals surface area contributed by atoms with E-state index in [0.29, 0.717) is 12.0 Å². The summed E-state index contributed by atoms with van der Waals surface area (Å²) < 4.78 is 0. The minimum Gasteiger partial charge on any atom is -0.477 e. The van der Waals surface area contributed by atoms with Crippen molar-refractivity contribution in [2.24, 2.45) is 0 Å². The SMILES string of the molecule is O=C(O)c1cc2c(s1)CCCC2=O. The second-order valence-corrected chi connectivity index (χ2v) is 4.17. The van der Waals surface area contributed by atoms with Crippen molar-refractivity contribution in [1.82, 2.24) is 0 Å². The van der Waals surface area contributed by atoms with Crippen molar-refractivity contribution >= 4 is 23.1 Å². The number of thiophene rings is 1. The molecule has 1 N–H and O–H groups in total. The Morgan fingerprint density at radius 2 is 2.23 bits per heavy atom. The minimum absolute atomic E-state index is 0.0880. The Balaban J connectivity index is 2.48. The summed E-state index contributed by atoms with van der Waals surface area (Å²) in [6, 6.07) is 1.50. The molecule has 1 aliphatic carbocycles. The largest absolute Gasteiger partial charge is 0.477 e. The molecule has 0 spiro atoms. The molecule has 1 heterocycles. The number of carboxylic acids is 1. The molecule has 2 rings (SSSR count). The Morgan fingerprint density at radius 1 is 1.46 bits per heavy atom. The summed E-state index contributed by atoms with van der Waals surface area (Å²) in [7, 11) is 0. The average molecular weight is 196 g/mol. The zero-order valence-corrected chi connectivity index (χ0v) is 7.69. The third-order valence-electron chi connectivity index (χ3n) is 2.13. The Bertz CT molecular complexity index is 378. The predicted octanol–water partition coefficient (Wildman–Crippen LogP) is 1.97. The summed E-state index contributed by atoms with van der Waals surface area (Å²) in [5.41, 5.74) is 0.633. The van der Waals surface area contributed by atoms with E-state index in [0.717, 1.165) is 17.7 Å². The van der Waals surface area contributed by atoms with E-state index in [1.165, 1.54) is 17.4 Å². The first-order valence-electron chi connectivity index (χ1n) is 4.07. The number of hydrogen-bond acceptors (Lipinski definition) is 3. The zero-order chi connectivity index (χ0) is 9.42. The first-order valence-corrected chi connectivity index (χ1v) is 4.89. The van der Waals surface area contributed by atoms with Crippen molar-refractivity contribution in [3.63, 3.8) is 0 Å². The van der Waals surface area contributed by atoms with Crippen LogP contribution >= 0.6 is 11.3 Å². The van der Waals surface area contributed by atoms with E-state index in [-0.39, 0.29) is 10.7 Å². The van der Waals surface area contributed by atoms with E-state index < -0.39 is 5.97 Å². The molecule has 0 radical (unpaired) electrons. The van der Waals surface area contributed by atoms with E-state index >= 15 is 0 Å². The van der Waals surface area contributed by atoms with Crippen LogP contribution in [0.2, 0.25) is 0 Å². The second kappa shape index (κ2) is 2.96. The molecule has 0 amide bonds. The van der Waals surface area contributed by atoms with Crippen LogP contribution in [0.25, 0.3) is 0 Å². The third-order valence-corrected chi connectivity index (χ3v) is 3.31. The van der Waals surface area contributed by atoms with Crippen LogP contribution in [0.4, 0.5) is 0 Å². The molecule has 1 aromatic rings. The first kappa shape index (κ1) is 8.44. The molecule has 1 aromatic heterocycles. The fourth-order valence-electron chi connectivity index (χ4n) is 1.50. The van der Waals surface area contributed by atoms with Gasteiger partial charge in [-0.05, 0) is 18.9 Å². The maximum absolute atomic E-state index is 11.3. The van der Waals surface area contributed by atoms with Crippen LogP contribution in [0.15, 0.2) is 6.07 Å². The standard InChI is InChI=1S/C9H8O3S/c10-6-2-1-3-7-5(6)4-8(13-7)9(11)12/h4H,1-3H2,(H,11,12). The molecule has 1 aliphatic rings. The number of carbonyl (C=O) groups excluding carboxylic acids is 1. The van der Waals surface area contributed by atoms with Crippen molar-refractivity contribution in [1.29, 1.82) is 0 Å². The molecule has 0 aromatic carbocycles. The third kappa shape index (κ3) is 1.37. The lowest BCUT2D eigenvalue weighted by atomic mass is 9.98. The molecule has 0 fully saturated rings. The zero-order valence-electron chi connectivity index (χ0n) is 6.87. The molecular formula is C9H8O3S. The van der Waals surface area contributed by atoms with Crippen molar-refractivity contribution in [3.05, 3.63) is 21.4 Å². The Labute approximate surface area is 79.0 Å². The van der Waals surface area contributed by atoms with Gasteiger partial charge in [-0.3, -0.25) is 4.79 Å². The van der Waals surface area contributed by atoms with Crippen molar-refractivity contribution in [3.8, 4) is 0 Å². The van der Waals surface area contributed by atoms with Crippen LogP contribution in [-0.4, -0.2) is 16.9 Å². The van der Waals surface area contributed by atoms with E-state index in [1.54, 1.807) is 0 Å².